The summed E-state index contributed by atoms with van der Waals surface area (Å²) in [7, 11) is 0. The predicted molar refractivity (Wildman–Crippen MR) is 99.4 cm³/mol. The van der Waals surface area contributed by atoms with Gasteiger partial charge in [-0.1, -0.05) is 29.3 Å². The van der Waals surface area contributed by atoms with Gasteiger partial charge in [-0.05, 0) is 43.4 Å². The first-order valence-electron chi connectivity index (χ1n) is 8.44. The van der Waals surface area contributed by atoms with E-state index in [2.05, 4.69) is 4.98 Å². The van der Waals surface area contributed by atoms with Gasteiger partial charge in [0.05, 0.1) is 10.0 Å². The fraction of sp³-hybridized carbons (Fsp3) is 0.444. The molecule has 1 amide bonds. The first-order chi connectivity index (χ1) is 12.1. The molecule has 4 rings (SSSR count). The molecule has 2 heterocycles. The van der Waals surface area contributed by atoms with Crippen molar-refractivity contribution in [3.8, 4) is 0 Å². The third-order valence-electron chi connectivity index (χ3n) is 4.53. The lowest BCUT2D eigenvalue weighted by Gasteiger charge is -2.22. The molecule has 1 aromatic heterocycles. The van der Waals surface area contributed by atoms with Gasteiger partial charge < -0.3 is 9.64 Å². The van der Waals surface area contributed by atoms with Crippen LogP contribution < -0.4 is 0 Å². The molecule has 2 aliphatic rings. The van der Waals surface area contributed by atoms with E-state index in [9.17, 15) is 4.79 Å². The van der Waals surface area contributed by atoms with E-state index < -0.39 is 0 Å². The summed E-state index contributed by atoms with van der Waals surface area (Å²) in [6, 6.07) is 5.80. The number of nitrogens with zero attached hydrogens (tertiary/aromatic N) is 2. The van der Waals surface area contributed by atoms with Gasteiger partial charge >= 0.3 is 0 Å². The Balaban J connectivity index is 1.52. The molecule has 132 valence electrons. The second-order valence-electron chi connectivity index (χ2n) is 6.49. The SMILES string of the molecule is O=C(c1csc(C2CCCO2)n1)N(Cc1ccc(Cl)c(Cl)c1)C1CC1. The Labute approximate surface area is 160 Å². The smallest absolute Gasteiger partial charge is 0.273 e. The minimum absolute atomic E-state index is 0.0194. The number of benzene rings is 1. The second kappa shape index (κ2) is 7.23. The maximum Gasteiger partial charge on any atom is 0.273 e. The number of aromatic nitrogens is 1. The zero-order valence-corrected chi connectivity index (χ0v) is 15.9. The fourth-order valence-electron chi connectivity index (χ4n) is 3.04. The number of thiazole rings is 1. The monoisotopic (exact) mass is 396 g/mol. The van der Waals surface area contributed by atoms with Crippen LogP contribution in [0.3, 0.4) is 0 Å². The highest BCUT2D eigenvalue weighted by atomic mass is 35.5. The minimum atomic E-state index is -0.0194. The molecule has 1 saturated heterocycles. The molecule has 0 spiro atoms. The summed E-state index contributed by atoms with van der Waals surface area (Å²) in [6.07, 6.45) is 4.16. The maximum absolute atomic E-state index is 13.0. The van der Waals surface area contributed by atoms with Crippen molar-refractivity contribution in [3.05, 3.63) is 49.9 Å². The molecule has 1 unspecified atom stereocenters. The van der Waals surface area contributed by atoms with Gasteiger partial charge in [-0.15, -0.1) is 11.3 Å². The first kappa shape index (κ1) is 17.3. The van der Waals surface area contributed by atoms with E-state index in [1.807, 2.05) is 22.4 Å². The molecule has 1 saturated carbocycles. The lowest BCUT2D eigenvalue weighted by atomic mass is 10.2. The highest BCUT2D eigenvalue weighted by Crippen LogP contribution is 2.33. The van der Waals surface area contributed by atoms with Crippen LogP contribution in [-0.4, -0.2) is 28.4 Å². The highest BCUT2D eigenvalue weighted by Gasteiger charge is 2.34. The third-order valence-corrected chi connectivity index (χ3v) is 6.21. The molecule has 2 fully saturated rings. The van der Waals surface area contributed by atoms with E-state index in [1.54, 1.807) is 6.07 Å². The zero-order chi connectivity index (χ0) is 17.4. The highest BCUT2D eigenvalue weighted by molar-refractivity contribution is 7.09. The fourth-order valence-corrected chi connectivity index (χ4v) is 4.24. The molecule has 7 heteroatoms. The van der Waals surface area contributed by atoms with Gasteiger partial charge in [0, 0.05) is 24.6 Å². The number of hydrogen-bond donors (Lipinski definition) is 0. The van der Waals surface area contributed by atoms with Crippen LogP contribution in [0.15, 0.2) is 23.6 Å². The number of amides is 1. The van der Waals surface area contributed by atoms with E-state index in [1.165, 1.54) is 11.3 Å². The number of hydrogen-bond acceptors (Lipinski definition) is 4. The number of carbonyl (C=O) groups is 1. The average molecular weight is 397 g/mol. The average Bonchev–Trinajstić information content (AvgIpc) is 3.11. The first-order valence-corrected chi connectivity index (χ1v) is 10.1. The van der Waals surface area contributed by atoms with Crippen molar-refractivity contribution in [3.63, 3.8) is 0 Å². The summed E-state index contributed by atoms with van der Waals surface area (Å²) in [5.74, 6) is -0.0194. The molecule has 25 heavy (non-hydrogen) atoms. The van der Waals surface area contributed by atoms with Gasteiger partial charge in [0.15, 0.2) is 0 Å². The summed E-state index contributed by atoms with van der Waals surface area (Å²) in [6.45, 7) is 1.30. The predicted octanol–water partition coefficient (Wildman–Crippen LogP) is 5.11. The molecule has 1 aromatic carbocycles. The molecule has 4 nitrogen and oxygen atoms in total. The Kier molecular flexibility index (Phi) is 5.00. The minimum Gasteiger partial charge on any atom is -0.371 e. The van der Waals surface area contributed by atoms with E-state index in [4.69, 9.17) is 27.9 Å². The van der Waals surface area contributed by atoms with Crippen LogP contribution in [0.2, 0.25) is 10.0 Å². The van der Waals surface area contributed by atoms with Crippen LogP contribution in [0.5, 0.6) is 0 Å². The van der Waals surface area contributed by atoms with Crippen molar-refractivity contribution in [1.82, 2.24) is 9.88 Å². The third kappa shape index (κ3) is 3.85. The molecule has 0 radical (unpaired) electrons. The molecule has 1 aliphatic carbocycles. The van der Waals surface area contributed by atoms with Gasteiger partial charge in [0.25, 0.3) is 5.91 Å². The Morgan fingerprint density at radius 2 is 2.12 bits per heavy atom. The van der Waals surface area contributed by atoms with Gasteiger partial charge in [-0.2, -0.15) is 0 Å². The lowest BCUT2D eigenvalue weighted by molar-refractivity contribution is 0.0723. The lowest BCUT2D eigenvalue weighted by Crippen LogP contribution is -2.32. The van der Waals surface area contributed by atoms with Crippen LogP contribution in [0.1, 0.15) is 52.8 Å². The summed E-state index contributed by atoms with van der Waals surface area (Å²) in [4.78, 5) is 19.4. The Bertz CT molecular complexity index is 785. The van der Waals surface area contributed by atoms with E-state index >= 15 is 0 Å². The number of rotatable bonds is 5. The van der Waals surface area contributed by atoms with Crippen LogP contribution in [0.4, 0.5) is 0 Å². The van der Waals surface area contributed by atoms with E-state index in [0.29, 0.717) is 22.3 Å². The van der Waals surface area contributed by atoms with Crippen molar-refractivity contribution in [2.75, 3.05) is 6.61 Å². The normalized spacial score (nSPS) is 20.0. The quantitative estimate of drug-likeness (QED) is 0.705. The Morgan fingerprint density at radius 1 is 1.28 bits per heavy atom. The van der Waals surface area contributed by atoms with E-state index in [-0.39, 0.29) is 18.1 Å². The molecule has 1 atom stereocenters. The van der Waals surface area contributed by atoms with Crippen molar-refractivity contribution in [2.45, 2.75) is 44.4 Å². The van der Waals surface area contributed by atoms with Crippen molar-refractivity contribution in [1.29, 1.82) is 0 Å². The van der Waals surface area contributed by atoms with Crippen molar-refractivity contribution >= 4 is 40.4 Å². The van der Waals surface area contributed by atoms with Gasteiger partial charge in [0.2, 0.25) is 0 Å². The Morgan fingerprint density at radius 3 is 2.80 bits per heavy atom. The maximum atomic E-state index is 13.0. The second-order valence-corrected chi connectivity index (χ2v) is 8.19. The molecule has 1 aliphatic heterocycles. The van der Waals surface area contributed by atoms with Crippen LogP contribution in [0, 0.1) is 0 Å². The molecular weight excluding hydrogens is 379 g/mol. The number of halogens is 2. The van der Waals surface area contributed by atoms with Gasteiger partial charge in [0.1, 0.15) is 16.8 Å². The summed E-state index contributed by atoms with van der Waals surface area (Å²) < 4.78 is 5.67. The van der Waals surface area contributed by atoms with E-state index in [0.717, 1.165) is 42.9 Å². The van der Waals surface area contributed by atoms with Crippen molar-refractivity contribution in [2.24, 2.45) is 0 Å². The standard InChI is InChI=1S/C18H18Cl2N2O2S/c19-13-6-3-11(8-14(13)20)9-22(12-4-5-12)18(23)15-10-25-17(21-15)16-2-1-7-24-16/h3,6,8,10,12,16H,1-2,4-5,7,9H2. The van der Waals surface area contributed by atoms with Gasteiger partial charge in [-0.25, -0.2) is 4.98 Å². The zero-order valence-electron chi connectivity index (χ0n) is 13.6. The van der Waals surface area contributed by atoms with Gasteiger partial charge in [-0.3, -0.25) is 4.79 Å². The topological polar surface area (TPSA) is 42.4 Å². The number of carbonyl (C=O) groups excluding carboxylic acids is 1. The molecule has 0 N–H and O–H groups in total. The van der Waals surface area contributed by atoms with Crippen LogP contribution in [-0.2, 0) is 11.3 Å². The van der Waals surface area contributed by atoms with Crippen LogP contribution >= 0.6 is 34.5 Å². The molecular formula is C18H18Cl2N2O2S. The van der Waals surface area contributed by atoms with Crippen LogP contribution in [0.25, 0.3) is 0 Å². The summed E-state index contributed by atoms with van der Waals surface area (Å²) in [5.41, 5.74) is 1.49. The number of ether oxygens (including phenoxy) is 1. The van der Waals surface area contributed by atoms with Crippen molar-refractivity contribution < 1.29 is 9.53 Å². The summed E-state index contributed by atoms with van der Waals surface area (Å²) in [5, 5.41) is 3.79. The largest absolute Gasteiger partial charge is 0.371 e. The summed E-state index contributed by atoms with van der Waals surface area (Å²) >= 11 is 13.6. The molecule has 0 bridgehead atoms. The molecule has 2 aromatic rings. The Hall–Kier alpha value is -1.14.